The van der Waals surface area contributed by atoms with Crippen LogP contribution < -0.4 is 10.6 Å². The van der Waals surface area contributed by atoms with Gasteiger partial charge >= 0.3 is 5.97 Å². The summed E-state index contributed by atoms with van der Waals surface area (Å²) in [6.45, 7) is 0. The summed E-state index contributed by atoms with van der Waals surface area (Å²) in [5.74, 6) is -0.182. The Bertz CT molecular complexity index is 762. The molecule has 3 N–H and O–H groups in total. The summed E-state index contributed by atoms with van der Waals surface area (Å²) < 4.78 is 0. The highest BCUT2D eigenvalue weighted by Crippen LogP contribution is 2.36. The molecular formula is C20H22N2O3S. The zero-order valence-electron chi connectivity index (χ0n) is 14.4. The minimum Gasteiger partial charge on any atom is -0.480 e. The number of benzene rings is 2. The van der Waals surface area contributed by atoms with Gasteiger partial charge in [-0.3, -0.25) is 14.5 Å². The van der Waals surface area contributed by atoms with Gasteiger partial charge in [-0.05, 0) is 48.3 Å². The van der Waals surface area contributed by atoms with Crippen molar-refractivity contribution in [2.45, 2.75) is 25.3 Å². The first-order valence-corrected chi connectivity index (χ1v) is 9.78. The summed E-state index contributed by atoms with van der Waals surface area (Å²) in [5, 5.41) is 8.83. The largest absolute Gasteiger partial charge is 0.480 e. The van der Waals surface area contributed by atoms with Crippen LogP contribution in [-0.2, 0) is 22.4 Å². The molecule has 0 saturated heterocycles. The van der Waals surface area contributed by atoms with E-state index >= 15 is 0 Å². The molecule has 0 aliphatic carbocycles. The van der Waals surface area contributed by atoms with Crippen molar-refractivity contribution < 1.29 is 14.7 Å². The number of carbonyl (C=O) groups excluding carboxylic acids is 1. The maximum Gasteiger partial charge on any atom is 0.320 e. The van der Waals surface area contributed by atoms with E-state index in [-0.39, 0.29) is 11.7 Å². The van der Waals surface area contributed by atoms with E-state index in [1.54, 1.807) is 0 Å². The van der Waals surface area contributed by atoms with Gasteiger partial charge in [-0.2, -0.15) is 11.8 Å². The molecule has 0 saturated carbocycles. The Labute approximate surface area is 157 Å². The molecule has 1 aliphatic heterocycles. The van der Waals surface area contributed by atoms with Gasteiger partial charge in [0.1, 0.15) is 6.04 Å². The lowest BCUT2D eigenvalue weighted by molar-refractivity contribution is -0.138. The number of rotatable bonds is 6. The molecule has 0 aromatic heterocycles. The Kier molecular flexibility index (Phi) is 5.96. The van der Waals surface area contributed by atoms with Crippen LogP contribution in [0.1, 0.15) is 17.5 Å². The van der Waals surface area contributed by atoms with E-state index in [4.69, 9.17) is 10.8 Å². The zero-order valence-corrected chi connectivity index (χ0v) is 15.2. The molecule has 0 fully saturated rings. The number of anilines is 2. The number of carboxylic acids is 1. The monoisotopic (exact) mass is 370 g/mol. The van der Waals surface area contributed by atoms with Gasteiger partial charge in [-0.25, -0.2) is 0 Å². The fourth-order valence-electron chi connectivity index (χ4n) is 3.11. The second kappa shape index (κ2) is 8.38. The molecule has 6 heteroatoms. The Morgan fingerprint density at radius 2 is 1.58 bits per heavy atom. The predicted molar refractivity (Wildman–Crippen MR) is 105 cm³/mol. The van der Waals surface area contributed by atoms with Gasteiger partial charge in [0.25, 0.3) is 0 Å². The molecule has 0 spiro atoms. The minimum atomic E-state index is -1.01. The maximum absolute atomic E-state index is 13.0. The van der Waals surface area contributed by atoms with E-state index < -0.39 is 12.0 Å². The molecule has 5 nitrogen and oxygen atoms in total. The van der Waals surface area contributed by atoms with Crippen LogP contribution in [0.3, 0.4) is 0 Å². The van der Waals surface area contributed by atoms with E-state index in [1.165, 1.54) is 11.8 Å². The zero-order chi connectivity index (χ0) is 18.5. The van der Waals surface area contributed by atoms with E-state index in [0.29, 0.717) is 12.2 Å². The SMILES string of the molecule is N[C@H](CCSCC(=O)N1c2ccccc2CCc2ccccc21)C(=O)O. The first-order chi connectivity index (χ1) is 12.6. The van der Waals surface area contributed by atoms with Crippen LogP contribution in [0.5, 0.6) is 0 Å². The van der Waals surface area contributed by atoms with Crippen molar-refractivity contribution in [3.63, 3.8) is 0 Å². The van der Waals surface area contributed by atoms with Crippen LogP contribution in [0, 0.1) is 0 Å². The summed E-state index contributed by atoms with van der Waals surface area (Å²) in [7, 11) is 0. The Hall–Kier alpha value is -2.31. The van der Waals surface area contributed by atoms with E-state index in [9.17, 15) is 9.59 Å². The molecule has 1 atom stereocenters. The van der Waals surface area contributed by atoms with Crippen molar-refractivity contribution in [2.24, 2.45) is 5.73 Å². The van der Waals surface area contributed by atoms with Gasteiger partial charge in [0.05, 0.1) is 17.1 Å². The summed E-state index contributed by atoms with van der Waals surface area (Å²) in [6, 6.07) is 15.1. The van der Waals surface area contributed by atoms with Crippen molar-refractivity contribution in [1.29, 1.82) is 0 Å². The van der Waals surface area contributed by atoms with Crippen LogP contribution in [0.25, 0.3) is 0 Å². The topological polar surface area (TPSA) is 83.6 Å². The summed E-state index contributed by atoms with van der Waals surface area (Å²) in [6.07, 6.45) is 2.15. The summed E-state index contributed by atoms with van der Waals surface area (Å²) >= 11 is 1.42. The van der Waals surface area contributed by atoms with Crippen molar-refractivity contribution in [2.75, 3.05) is 16.4 Å². The lowest BCUT2D eigenvalue weighted by Crippen LogP contribution is -2.31. The molecule has 2 aromatic carbocycles. The van der Waals surface area contributed by atoms with Gasteiger partial charge in [-0.15, -0.1) is 0 Å². The number of hydrogen-bond donors (Lipinski definition) is 2. The Balaban J connectivity index is 1.77. The second-order valence-electron chi connectivity index (χ2n) is 6.27. The average Bonchev–Trinajstić information content (AvgIpc) is 2.81. The van der Waals surface area contributed by atoms with E-state index in [0.717, 1.165) is 35.3 Å². The smallest absolute Gasteiger partial charge is 0.320 e. The molecule has 1 aliphatic rings. The number of para-hydroxylation sites is 2. The third kappa shape index (κ3) is 4.08. The number of aliphatic carboxylic acids is 1. The second-order valence-corrected chi connectivity index (χ2v) is 7.38. The minimum absolute atomic E-state index is 0.000645. The number of amides is 1. The van der Waals surface area contributed by atoms with Crippen molar-refractivity contribution in [3.8, 4) is 0 Å². The van der Waals surface area contributed by atoms with Gasteiger partial charge in [0, 0.05) is 0 Å². The number of fused-ring (bicyclic) bond motifs is 2. The normalized spacial score (nSPS) is 14.1. The number of carbonyl (C=O) groups is 2. The quantitative estimate of drug-likeness (QED) is 0.764. The molecule has 0 radical (unpaired) electrons. The Morgan fingerprint density at radius 1 is 1.04 bits per heavy atom. The highest BCUT2D eigenvalue weighted by atomic mass is 32.2. The van der Waals surface area contributed by atoms with Gasteiger partial charge in [0.15, 0.2) is 0 Å². The maximum atomic E-state index is 13.0. The van der Waals surface area contributed by atoms with E-state index in [1.807, 2.05) is 41.3 Å². The Morgan fingerprint density at radius 3 is 2.12 bits per heavy atom. The standard InChI is InChI=1S/C20H22N2O3S/c21-16(20(24)25)11-12-26-13-19(23)22-17-7-3-1-5-14(17)9-10-15-6-2-4-8-18(15)22/h1-8,16H,9-13,21H2,(H,24,25)/t16-/m1/s1. The van der Waals surface area contributed by atoms with Crippen molar-refractivity contribution in [3.05, 3.63) is 59.7 Å². The average molecular weight is 370 g/mol. The molecule has 0 bridgehead atoms. The third-order valence-electron chi connectivity index (χ3n) is 4.49. The number of thioether (sulfide) groups is 1. The molecule has 2 aromatic rings. The van der Waals surface area contributed by atoms with Crippen LogP contribution in [0.4, 0.5) is 11.4 Å². The fourth-order valence-corrected chi connectivity index (χ4v) is 3.98. The van der Waals surface area contributed by atoms with Gasteiger partial charge in [0.2, 0.25) is 5.91 Å². The lowest BCUT2D eigenvalue weighted by Gasteiger charge is -2.25. The highest BCUT2D eigenvalue weighted by Gasteiger charge is 2.25. The number of carboxylic acid groups (broad SMARTS) is 1. The lowest BCUT2D eigenvalue weighted by atomic mass is 10.0. The first-order valence-electron chi connectivity index (χ1n) is 8.63. The van der Waals surface area contributed by atoms with Crippen molar-refractivity contribution in [1.82, 2.24) is 0 Å². The molecule has 1 amide bonds. The first kappa shape index (κ1) is 18.5. The number of hydrogen-bond acceptors (Lipinski definition) is 4. The fraction of sp³-hybridized carbons (Fsp3) is 0.300. The predicted octanol–water partition coefficient (Wildman–Crippen LogP) is 2.99. The molecule has 0 unspecified atom stereocenters. The molecule has 136 valence electrons. The molecule has 26 heavy (non-hydrogen) atoms. The van der Waals surface area contributed by atoms with Crippen LogP contribution in [0.15, 0.2) is 48.5 Å². The summed E-state index contributed by atoms with van der Waals surface area (Å²) in [4.78, 5) is 25.6. The van der Waals surface area contributed by atoms with Gasteiger partial charge in [-0.1, -0.05) is 36.4 Å². The van der Waals surface area contributed by atoms with E-state index in [2.05, 4.69) is 12.1 Å². The van der Waals surface area contributed by atoms with Crippen LogP contribution in [-0.4, -0.2) is 34.5 Å². The molecule has 3 rings (SSSR count). The number of aryl methyl sites for hydroxylation is 2. The number of nitrogens with zero attached hydrogens (tertiary/aromatic N) is 1. The van der Waals surface area contributed by atoms with Crippen LogP contribution >= 0.6 is 11.8 Å². The third-order valence-corrected chi connectivity index (χ3v) is 5.47. The highest BCUT2D eigenvalue weighted by molar-refractivity contribution is 7.99. The summed E-state index contributed by atoms with van der Waals surface area (Å²) in [5.41, 5.74) is 9.71. The molecule has 1 heterocycles. The van der Waals surface area contributed by atoms with Crippen LogP contribution in [0.2, 0.25) is 0 Å². The van der Waals surface area contributed by atoms with Gasteiger partial charge < -0.3 is 10.8 Å². The molecular weight excluding hydrogens is 348 g/mol. The number of nitrogens with two attached hydrogens (primary N) is 1. The van der Waals surface area contributed by atoms with Crippen molar-refractivity contribution >= 4 is 35.0 Å².